The maximum atomic E-state index is 13.8. The van der Waals surface area contributed by atoms with E-state index in [9.17, 15) is 14.4 Å². The van der Waals surface area contributed by atoms with Gasteiger partial charge in [-0.05, 0) is 24.8 Å². The van der Waals surface area contributed by atoms with E-state index in [1.807, 2.05) is 30.3 Å². The van der Waals surface area contributed by atoms with Crippen molar-refractivity contribution >= 4 is 44.0 Å². The first-order valence-corrected chi connectivity index (χ1v) is 12.6. The lowest BCUT2D eigenvalue weighted by Crippen LogP contribution is -2.28. The monoisotopic (exact) mass is 490 g/mol. The molecule has 2 aromatic heterocycles. The molecule has 182 valence electrons. The lowest BCUT2D eigenvalue weighted by molar-refractivity contribution is 0.0793. The van der Waals surface area contributed by atoms with Gasteiger partial charge < -0.3 is 9.64 Å². The zero-order valence-electron chi connectivity index (χ0n) is 20.5. The summed E-state index contributed by atoms with van der Waals surface area (Å²) in [6, 6.07) is 16.4. The number of ketones is 1. The van der Waals surface area contributed by atoms with Gasteiger partial charge in [0.2, 0.25) is 0 Å². The molecule has 4 rings (SSSR count). The van der Waals surface area contributed by atoms with E-state index >= 15 is 0 Å². The molecule has 4 aromatic rings. The molecule has 0 fully saturated rings. The number of rotatable bonds is 9. The van der Waals surface area contributed by atoms with Gasteiger partial charge >= 0.3 is 0 Å². The van der Waals surface area contributed by atoms with Gasteiger partial charge in [0.1, 0.15) is 10.3 Å². The number of benzene rings is 2. The summed E-state index contributed by atoms with van der Waals surface area (Å²) in [7, 11) is 3.26. The molecule has 2 aromatic carbocycles. The summed E-state index contributed by atoms with van der Waals surface area (Å²) in [5, 5.41) is 1.16. The number of methoxy groups -OCH3 is 1. The lowest BCUT2D eigenvalue weighted by atomic mass is 10.1. The molecule has 0 unspecified atom stereocenters. The third-order valence-electron chi connectivity index (χ3n) is 6.18. The van der Waals surface area contributed by atoms with E-state index < -0.39 is 0 Å². The van der Waals surface area contributed by atoms with Gasteiger partial charge in [0.05, 0.1) is 23.9 Å². The van der Waals surface area contributed by atoms with E-state index in [0.29, 0.717) is 38.5 Å². The molecule has 0 aliphatic rings. The minimum atomic E-state index is -0.336. The highest BCUT2D eigenvalue weighted by molar-refractivity contribution is 7.22. The van der Waals surface area contributed by atoms with Crippen LogP contribution in [0.4, 0.5) is 0 Å². The van der Waals surface area contributed by atoms with E-state index in [-0.39, 0.29) is 29.5 Å². The van der Waals surface area contributed by atoms with E-state index in [2.05, 4.69) is 13.8 Å². The number of hydrogen-bond donors (Lipinski definition) is 0. The number of ether oxygens (including phenoxy) is 1. The Morgan fingerprint density at radius 3 is 2.43 bits per heavy atom. The fourth-order valence-electron chi connectivity index (χ4n) is 4.31. The Hall–Kier alpha value is -3.45. The van der Waals surface area contributed by atoms with Crippen LogP contribution in [0.25, 0.3) is 21.0 Å². The van der Waals surface area contributed by atoms with Crippen LogP contribution in [-0.2, 0) is 6.54 Å². The highest BCUT2D eigenvalue weighted by Crippen LogP contribution is 2.40. The Bertz CT molecular complexity index is 1440. The number of nitrogens with zero attached hydrogens (tertiary/aromatic N) is 2. The normalized spacial score (nSPS) is 11.3. The zero-order chi connectivity index (χ0) is 25.1. The standard InChI is InChI=1S/C28H30N2O4S/c1-18(2)11-10-16-29(3)28(33)26-24(34-4)23-25(35-26)20-14-8-9-15-21(20)30(27(23)32)17-22(31)19-12-6-5-7-13-19/h5-9,12-15,18H,10-11,16-17H2,1-4H3. The second-order valence-electron chi connectivity index (χ2n) is 9.13. The van der Waals surface area contributed by atoms with Gasteiger partial charge in [-0.15, -0.1) is 11.3 Å². The predicted octanol–water partition coefficient (Wildman–Crippen LogP) is 5.62. The zero-order valence-corrected chi connectivity index (χ0v) is 21.4. The van der Waals surface area contributed by atoms with Crippen LogP contribution in [0.1, 0.15) is 46.7 Å². The number of carbonyl (C=O) groups is 2. The minimum Gasteiger partial charge on any atom is -0.494 e. The minimum absolute atomic E-state index is 0.101. The maximum Gasteiger partial charge on any atom is 0.267 e. The van der Waals surface area contributed by atoms with E-state index in [1.165, 1.54) is 23.0 Å². The Balaban J connectivity index is 1.83. The molecule has 0 aliphatic heterocycles. The van der Waals surface area contributed by atoms with Gasteiger partial charge in [0, 0.05) is 24.5 Å². The fourth-order valence-corrected chi connectivity index (χ4v) is 5.60. The van der Waals surface area contributed by atoms with Crippen LogP contribution in [0.5, 0.6) is 5.75 Å². The van der Waals surface area contributed by atoms with Gasteiger partial charge in [0.25, 0.3) is 11.5 Å². The summed E-state index contributed by atoms with van der Waals surface area (Å²) in [5.74, 6) is 0.526. The van der Waals surface area contributed by atoms with Crippen LogP contribution in [0, 0.1) is 5.92 Å². The van der Waals surface area contributed by atoms with Crippen LogP contribution in [0.15, 0.2) is 59.4 Å². The van der Waals surface area contributed by atoms with Crippen molar-refractivity contribution in [1.29, 1.82) is 0 Å². The first kappa shape index (κ1) is 24.7. The van der Waals surface area contributed by atoms with Crippen LogP contribution in [0.2, 0.25) is 0 Å². The average Bonchev–Trinajstić information content (AvgIpc) is 3.26. The maximum absolute atomic E-state index is 13.8. The van der Waals surface area contributed by atoms with Gasteiger partial charge in [-0.3, -0.25) is 19.0 Å². The Morgan fingerprint density at radius 1 is 1.06 bits per heavy atom. The topological polar surface area (TPSA) is 68.6 Å². The number of pyridine rings is 1. The highest BCUT2D eigenvalue weighted by Gasteiger charge is 2.27. The third kappa shape index (κ3) is 4.86. The van der Waals surface area contributed by atoms with Crippen molar-refractivity contribution in [2.45, 2.75) is 33.2 Å². The van der Waals surface area contributed by atoms with Crippen molar-refractivity contribution in [3.8, 4) is 5.75 Å². The average molecular weight is 491 g/mol. The Morgan fingerprint density at radius 2 is 1.74 bits per heavy atom. The van der Waals surface area contributed by atoms with Gasteiger partial charge in [-0.25, -0.2) is 0 Å². The molecule has 2 heterocycles. The van der Waals surface area contributed by atoms with Crippen molar-refractivity contribution in [2.24, 2.45) is 5.92 Å². The molecule has 0 aliphatic carbocycles. The molecule has 7 heteroatoms. The van der Waals surface area contributed by atoms with Gasteiger partial charge in [-0.1, -0.05) is 62.4 Å². The molecule has 0 spiro atoms. The van der Waals surface area contributed by atoms with Crippen molar-refractivity contribution in [3.63, 3.8) is 0 Å². The van der Waals surface area contributed by atoms with Crippen molar-refractivity contribution < 1.29 is 14.3 Å². The number of carbonyl (C=O) groups excluding carboxylic acids is 2. The molecule has 0 bridgehead atoms. The quantitative estimate of drug-likeness (QED) is 0.286. The van der Waals surface area contributed by atoms with E-state index in [0.717, 1.165) is 18.2 Å². The molecule has 1 amide bonds. The largest absolute Gasteiger partial charge is 0.494 e. The molecule has 0 saturated carbocycles. The molecule has 0 N–H and O–H groups in total. The van der Waals surface area contributed by atoms with Crippen molar-refractivity contribution in [1.82, 2.24) is 9.47 Å². The summed E-state index contributed by atoms with van der Waals surface area (Å²) in [4.78, 5) is 42.2. The summed E-state index contributed by atoms with van der Waals surface area (Å²) in [6.45, 7) is 4.85. The molecule has 6 nitrogen and oxygen atoms in total. The number of fused-ring (bicyclic) bond motifs is 3. The summed E-state index contributed by atoms with van der Waals surface area (Å²) in [5.41, 5.74) is 0.861. The van der Waals surface area contributed by atoms with Crippen LogP contribution < -0.4 is 10.3 Å². The SMILES string of the molecule is COc1c(C(=O)N(C)CCCC(C)C)sc2c1c(=O)n(CC(=O)c1ccccc1)c1ccccc21. The summed E-state index contributed by atoms with van der Waals surface area (Å²) in [6.07, 6.45) is 1.94. The molecule has 35 heavy (non-hydrogen) atoms. The smallest absolute Gasteiger partial charge is 0.267 e. The third-order valence-corrected chi connectivity index (χ3v) is 7.37. The molecular weight excluding hydrogens is 460 g/mol. The number of hydrogen-bond acceptors (Lipinski definition) is 5. The number of para-hydroxylation sites is 1. The Labute approximate surface area is 208 Å². The van der Waals surface area contributed by atoms with Gasteiger partial charge in [-0.2, -0.15) is 0 Å². The van der Waals surface area contributed by atoms with Gasteiger partial charge in [0.15, 0.2) is 11.5 Å². The van der Waals surface area contributed by atoms with Crippen molar-refractivity contribution in [3.05, 3.63) is 75.4 Å². The lowest BCUT2D eigenvalue weighted by Gasteiger charge is -2.17. The number of Topliss-reactive ketones (excluding diaryl/α,β-unsaturated/α-hetero) is 1. The van der Waals surface area contributed by atoms with Crippen LogP contribution in [0.3, 0.4) is 0 Å². The first-order chi connectivity index (χ1) is 16.8. The fraction of sp³-hybridized carbons (Fsp3) is 0.321. The predicted molar refractivity (Wildman–Crippen MR) is 142 cm³/mol. The Kier molecular flexibility index (Phi) is 7.36. The molecule has 0 saturated heterocycles. The molecular formula is C28H30N2O4S. The van der Waals surface area contributed by atoms with Crippen LogP contribution in [-0.4, -0.2) is 41.9 Å². The number of aromatic nitrogens is 1. The van der Waals surface area contributed by atoms with Crippen molar-refractivity contribution in [2.75, 3.05) is 20.7 Å². The highest BCUT2D eigenvalue weighted by atomic mass is 32.1. The number of thiophene rings is 1. The molecule has 0 radical (unpaired) electrons. The second kappa shape index (κ2) is 10.4. The van der Waals surface area contributed by atoms with E-state index in [1.54, 1.807) is 36.2 Å². The summed E-state index contributed by atoms with van der Waals surface area (Å²) >= 11 is 1.28. The first-order valence-electron chi connectivity index (χ1n) is 11.8. The number of amides is 1. The van der Waals surface area contributed by atoms with Crippen LogP contribution >= 0.6 is 11.3 Å². The second-order valence-corrected chi connectivity index (χ2v) is 10.1. The van der Waals surface area contributed by atoms with E-state index in [4.69, 9.17) is 4.74 Å². The molecule has 0 atom stereocenters. The summed E-state index contributed by atoms with van der Waals surface area (Å²) < 4.78 is 7.84.